The first kappa shape index (κ1) is 18.8. The molecular formula is C15H34N2O2. The van der Waals surface area contributed by atoms with Gasteiger partial charge in [-0.25, -0.2) is 0 Å². The van der Waals surface area contributed by atoms with Crippen LogP contribution in [0.3, 0.4) is 0 Å². The standard InChI is InChI=1S/C15H34N2O2/c1-6-9-16-15(7-2)14(3)17(11-13-19-5)10-8-12-18-4/h14-16H,6-13H2,1-5H3. The van der Waals surface area contributed by atoms with E-state index in [9.17, 15) is 0 Å². The summed E-state index contributed by atoms with van der Waals surface area (Å²) in [5.74, 6) is 0. The predicted octanol–water partition coefficient (Wildman–Crippen LogP) is 2.14. The lowest BCUT2D eigenvalue weighted by molar-refractivity contribution is 0.0960. The maximum atomic E-state index is 5.23. The predicted molar refractivity (Wildman–Crippen MR) is 81.8 cm³/mol. The number of nitrogens with zero attached hydrogens (tertiary/aromatic N) is 1. The maximum Gasteiger partial charge on any atom is 0.0589 e. The quantitative estimate of drug-likeness (QED) is 0.522. The average molecular weight is 274 g/mol. The van der Waals surface area contributed by atoms with Gasteiger partial charge >= 0.3 is 0 Å². The summed E-state index contributed by atoms with van der Waals surface area (Å²) in [6.07, 6.45) is 3.43. The molecule has 0 aromatic carbocycles. The van der Waals surface area contributed by atoms with Gasteiger partial charge in [-0.05, 0) is 32.7 Å². The van der Waals surface area contributed by atoms with E-state index in [0.29, 0.717) is 12.1 Å². The summed E-state index contributed by atoms with van der Waals surface area (Å²) in [4.78, 5) is 2.51. The number of ether oxygens (including phenoxy) is 2. The first-order chi connectivity index (χ1) is 9.21. The first-order valence-corrected chi connectivity index (χ1v) is 7.66. The highest BCUT2D eigenvalue weighted by molar-refractivity contribution is 4.80. The first-order valence-electron chi connectivity index (χ1n) is 7.66. The number of methoxy groups -OCH3 is 2. The fraction of sp³-hybridized carbons (Fsp3) is 1.00. The van der Waals surface area contributed by atoms with Crippen molar-refractivity contribution < 1.29 is 9.47 Å². The molecule has 0 rings (SSSR count). The van der Waals surface area contributed by atoms with Crippen LogP contribution in [-0.4, -0.2) is 64.1 Å². The van der Waals surface area contributed by atoms with Crippen molar-refractivity contribution in [2.45, 2.75) is 52.1 Å². The molecule has 0 saturated carbocycles. The monoisotopic (exact) mass is 274 g/mol. The van der Waals surface area contributed by atoms with Crippen molar-refractivity contribution in [3.63, 3.8) is 0 Å². The van der Waals surface area contributed by atoms with Gasteiger partial charge in [-0.15, -0.1) is 0 Å². The molecule has 0 aromatic heterocycles. The number of nitrogens with one attached hydrogen (secondary N) is 1. The van der Waals surface area contributed by atoms with E-state index in [1.807, 2.05) is 0 Å². The third-order valence-electron chi connectivity index (χ3n) is 3.63. The van der Waals surface area contributed by atoms with Gasteiger partial charge in [0.25, 0.3) is 0 Å². The van der Waals surface area contributed by atoms with Gasteiger partial charge in [-0.3, -0.25) is 4.90 Å². The van der Waals surface area contributed by atoms with Crippen molar-refractivity contribution in [3.8, 4) is 0 Å². The van der Waals surface area contributed by atoms with Crippen LogP contribution >= 0.6 is 0 Å². The van der Waals surface area contributed by atoms with Crippen LogP contribution in [0.4, 0.5) is 0 Å². The second-order valence-corrected chi connectivity index (χ2v) is 5.08. The lowest BCUT2D eigenvalue weighted by Crippen LogP contribution is -2.49. The zero-order chi connectivity index (χ0) is 14.5. The van der Waals surface area contributed by atoms with Gasteiger partial charge in [0.1, 0.15) is 0 Å². The SMILES string of the molecule is CCCNC(CC)C(C)N(CCCOC)CCOC. The van der Waals surface area contributed by atoms with Crippen molar-refractivity contribution in [3.05, 3.63) is 0 Å². The Labute approximate surface area is 119 Å². The van der Waals surface area contributed by atoms with E-state index in [4.69, 9.17) is 9.47 Å². The molecule has 0 aromatic rings. The summed E-state index contributed by atoms with van der Waals surface area (Å²) in [6.45, 7) is 11.6. The Morgan fingerprint density at radius 3 is 2.26 bits per heavy atom. The van der Waals surface area contributed by atoms with E-state index in [-0.39, 0.29) is 0 Å². The Morgan fingerprint density at radius 1 is 1.05 bits per heavy atom. The zero-order valence-corrected chi connectivity index (χ0v) is 13.6. The van der Waals surface area contributed by atoms with Crippen LogP contribution < -0.4 is 5.32 Å². The molecule has 0 heterocycles. The second kappa shape index (κ2) is 12.9. The van der Waals surface area contributed by atoms with Gasteiger partial charge in [0.15, 0.2) is 0 Å². The lowest BCUT2D eigenvalue weighted by Gasteiger charge is -2.35. The molecular weight excluding hydrogens is 240 g/mol. The summed E-state index contributed by atoms with van der Waals surface area (Å²) in [7, 11) is 3.53. The molecule has 19 heavy (non-hydrogen) atoms. The van der Waals surface area contributed by atoms with E-state index in [2.05, 4.69) is 31.0 Å². The Morgan fingerprint density at radius 2 is 1.74 bits per heavy atom. The topological polar surface area (TPSA) is 33.7 Å². The Kier molecular flexibility index (Phi) is 12.7. The molecule has 0 spiro atoms. The number of hydrogen-bond acceptors (Lipinski definition) is 4. The van der Waals surface area contributed by atoms with E-state index in [1.54, 1.807) is 14.2 Å². The van der Waals surface area contributed by atoms with Gasteiger partial charge in [0.2, 0.25) is 0 Å². The Bertz CT molecular complexity index is 191. The van der Waals surface area contributed by atoms with Crippen LogP contribution in [0.5, 0.6) is 0 Å². The van der Waals surface area contributed by atoms with E-state index in [1.165, 1.54) is 6.42 Å². The molecule has 0 saturated heterocycles. The summed E-state index contributed by atoms with van der Waals surface area (Å²) in [6, 6.07) is 1.09. The van der Waals surface area contributed by atoms with Crippen LogP contribution in [0.2, 0.25) is 0 Å². The Hall–Kier alpha value is -0.160. The van der Waals surface area contributed by atoms with Gasteiger partial charge < -0.3 is 14.8 Å². The fourth-order valence-corrected chi connectivity index (χ4v) is 2.38. The fourth-order valence-electron chi connectivity index (χ4n) is 2.38. The van der Waals surface area contributed by atoms with Gasteiger partial charge in [0.05, 0.1) is 6.61 Å². The Balaban J connectivity index is 4.32. The highest BCUT2D eigenvalue weighted by Gasteiger charge is 2.21. The molecule has 0 bridgehead atoms. The molecule has 0 aliphatic rings. The van der Waals surface area contributed by atoms with Crippen LogP contribution in [0.25, 0.3) is 0 Å². The van der Waals surface area contributed by atoms with Crippen molar-refractivity contribution in [2.75, 3.05) is 47.1 Å². The second-order valence-electron chi connectivity index (χ2n) is 5.08. The smallest absolute Gasteiger partial charge is 0.0589 e. The van der Waals surface area contributed by atoms with Crippen molar-refractivity contribution in [1.29, 1.82) is 0 Å². The van der Waals surface area contributed by atoms with E-state index >= 15 is 0 Å². The molecule has 0 amide bonds. The molecule has 2 atom stereocenters. The molecule has 0 fully saturated rings. The molecule has 2 unspecified atom stereocenters. The van der Waals surface area contributed by atoms with Crippen LogP contribution in [0, 0.1) is 0 Å². The summed E-state index contributed by atoms with van der Waals surface area (Å²) < 4.78 is 10.4. The van der Waals surface area contributed by atoms with Gasteiger partial charge in [-0.2, -0.15) is 0 Å². The van der Waals surface area contributed by atoms with Crippen molar-refractivity contribution in [1.82, 2.24) is 10.2 Å². The van der Waals surface area contributed by atoms with Crippen LogP contribution in [-0.2, 0) is 9.47 Å². The van der Waals surface area contributed by atoms with Gasteiger partial charge in [0, 0.05) is 46.0 Å². The third kappa shape index (κ3) is 8.58. The van der Waals surface area contributed by atoms with Crippen molar-refractivity contribution in [2.24, 2.45) is 0 Å². The summed E-state index contributed by atoms with van der Waals surface area (Å²) >= 11 is 0. The lowest BCUT2D eigenvalue weighted by atomic mass is 10.0. The summed E-state index contributed by atoms with van der Waals surface area (Å²) in [5.41, 5.74) is 0. The molecule has 4 nitrogen and oxygen atoms in total. The molecule has 0 radical (unpaired) electrons. The molecule has 1 N–H and O–H groups in total. The highest BCUT2D eigenvalue weighted by atomic mass is 16.5. The summed E-state index contributed by atoms with van der Waals surface area (Å²) in [5, 5.41) is 3.65. The highest BCUT2D eigenvalue weighted by Crippen LogP contribution is 2.09. The van der Waals surface area contributed by atoms with Gasteiger partial charge in [-0.1, -0.05) is 13.8 Å². The number of rotatable bonds is 13. The molecule has 116 valence electrons. The molecule has 0 aliphatic carbocycles. The van der Waals surface area contributed by atoms with Crippen LogP contribution in [0.1, 0.15) is 40.0 Å². The van der Waals surface area contributed by atoms with E-state index < -0.39 is 0 Å². The normalized spacial score (nSPS) is 14.8. The van der Waals surface area contributed by atoms with E-state index in [0.717, 1.165) is 45.7 Å². The zero-order valence-electron chi connectivity index (χ0n) is 13.6. The average Bonchev–Trinajstić information content (AvgIpc) is 2.43. The molecule has 4 heteroatoms. The van der Waals surface area contributed by atoms with Crippen molar-refractivity contribution >= 4 is 0 Å². The minimum Gasteiger partial charge on any atom is -0.385 e. The minimum absolute atomic E-state index is 0.531. The largest absolute Gasteiger partial charge is 0.385 e. The minimum atomic E-state index is 0.531. The third-order valence-corrected chi connectivity index (χ3v) is 3.63. The number of hydrogen-bond donors (Lipinski definition) is 1. The van der Waals surface area contributed by atoms with Crippen LogP contribution in [0.15, 0.2) is 0 Å². The maximum absolute atomic E-state index is 5.23. The molecule has 0 aliphatic heterocycles.